The highest BCUT2D eigenvalue weighted by Gasteiger charge is 2.67. The van der Waals surface area contributed by atoms with E-state index in [0.717, 1.165) is 57.8 Å². The smallest absolute Gasteiger partial charge is 0.338 e. The first-order valence-electron chi connectivity index (χ1n) is 17.2. The average Bonchev–Trinajstić information content (AvgIpc) is 3.38. The molecule has 0 radical (unpaired) electrons. The fourth-order valence-electron chi connectivity index (χ4n) is 10.3. The number of esters is 2. The van der Waals surface area contributed by atoms with Crippen molar-refractivity contribution >= 4 is 17.7 Å². The van der Waals surface area contributed by atoms with Gasteiger partial charge < -0.3 is 19.3 Å². The fourth-order valence-corrected chi connectivity index (χ4v) is 10.3. The van der Waals surface area contributed by atoms with Crippen LogP contribution in [0.1, 0.15) is 108 Å². The van der Waals surface area contributed by atoms with Gasteiger partial charge >= 0.3 is 11.9 Å². The third-order valence-electron chi connectivity index (χ3n) is 12.7. The number of unbranched alkanes of at least 4 members (excludes halogenated alkanes) is 2. The molecule has 4 saturated carbocycles. The number of carbonyl (C=O) groups excluding carboxylic acids is 3. The Morgan fingerprint density at radius 1 is 1.05 bits per heavy atom. The van der Waals surface area contributed by atoms with Crippen molar-refractivity contribution in [2.75, 3.05) is 20.3 Å². The van der Waals surface area contributed by atoms with Crippen molar-refractivity contribution in [3.63, 3.8) is 0 Å². The molecule has 44 heavy (non-hydrogen) atoms. The van der Waals surface area contributed by atoms with Crippen LogP contribution in [0.5, 0.6) is 0 Å². The summed E-state index contributed by atoms with van der Waals surface area (Å²) in [5.74, 6) is 1.61. The summed E-state index contributed by atoms with van der Waals surface area (Å²) >= 11 is 0. The molecule has 0 saturated heterocycles. The van der Waals surface area contributed by atoms with Gasteiger partial charge in [-0.3, -0.25) is 9.59 Å². The molecular formula is C37H54O7. The SMILES string of the molecule is COC(=O)CCC(C)C1CCC2C3C(C[C@H](OCCCCCO)[C@]12C)[C@@]1(C)CCC(=O)CC1C[C@H]3OC(=O)c1ccccc1. The molecule has 4 aliphatic rings. The molecule has 0 aliphatic heterocycles. The summed E-state index contributed by atoms with van der Waals surface area (Å²) in [6.07, 6.45) is 9.50. The van der Waals surface area contributed by atoms with Gasteiger partial charge in [0, 0.05) is 43.8 Å². The van der Waals surface area contributed by atoms with Gasteiger partial charge in [-0.05, 0) is 105 Å². The van der Waals surface area contributed by atoms with Crippen LogP contribution in [0.3, 0.4) is 0 Å². The topological polar surface area (TPSA) is 99.1 Å². The van der Waals surface area contributed by atoms with Crippen LogP contribution < -0.4 is 0 Å². The van der Waals surface area contributed by atoms with Crippen LogP contribution in [-0.2, 0) is 23.8 Å². The van der Waals surface area contributed by atoms with E-state index in [-0.39, 0.29) is 53.4 Å². The highest BCUT2D eigenvalue weighted by atomic mass is 16.5. The minimum Gasteiger partial charge on any atom is -0.469 e. The van der Waals surface area contributed by atoms with Crippen LogP contribution in [0.15, 0.2) is 30.3 Å². The maximum absolute atomic E-state index is 13.5. The van der Waals surface area contributed by atoms with Gasteiger partial charge in [-0.25, -0.2) is 4.79 Å². The van der Waals surface area contributed by atoms with Gasteiger partial charge in [-0.15, -0.1) is 0 Å². The monoisotopic (exact) mass is 610 g/mol. The highest BCUT2D eigenvalue weighted by Crippen LogP contribution is 2.69. The van der Waals surface area contributed by atoms with E-state index < -0.39 is 0 Å². The van der Waals surface area contributed by atoms with Gasteiger partial charge in [0.15, 0.2) is 0 Å². The number of aliphatic hydroxyl groups excluding tert-OH is 1. The first-order valence-corrected chi connectivity index (χ1v) is 17.2. The van der Waals surface area contributed by atoms with Crippen molar-refractivity contribution in [2.24, 2.45) is 46.3 Å². The molecule has 0 spiro atoms. The van der Waals surface area contributed by atoms with Crippen molar-refractivity contribution in [2.45, 2.75) is 110 Å². The molecule has 1 N–H and O–H groups in total. The Morgan fingerprint density at radius 2 is 1.82 bits per heavy atom. The fraction of sp³-hybridized carbons (Fsp3) is 0.757. The molecule has 4 fully saturated rings. The van der Waals surface area contributed by atoms with Crippen LogP contribution in [0.4, 0.5) is 0 Å². The van der Waals surface area contributed by atoms with Crippen molar-refractivity contribution in [1.29, 1.82) is 0 Å². The second-order valence-corrected chi connectivity index (χ2v) is 14.8. The minimum absolute atomic E-state index is 0.00263. The molecule has 5 rings (SSSR count). The number of benzene rings is 1. The maximum atomic E-state index is 13.5. The normalized spacial score (nSPS) is 36.9. The first-order chi connectivity index (χ1) is 21.1. The summed E-state index contributed by atoms with van der Waals surface area (Å²) in [7, 11) is 1.45. The van der Waals surface area contributed by atoms with Crippen LogP contribution in [-0.4, -0.2) is 55.4 Å². The molecule has 6 unspecified atom stereocenters. The lowest BCUT2D eigenvalue weighted by Crippen LogP contribution is -2.63. The molecule has 0 amide bonds. The number of Topliss-reactive ketones (excluding diaryl/α,β-unsaturated/α-hetero) is 1. The van der Waals surface area contributed by atoms with Gasteiger partial charge in [0.2, 0.25) is 0 Å². The number of aliphatic hydroxyl groups is 1. The summed E-state index contributed by atoms with van der Waals surface area (Å²) in [6, 6.07) is 9.28. The lowest BCUT2D eigenvalue weighted by atomic mass is 9.43. The molecule has 244 valence electrons. The third kappa shape index (κ3) is 6.38. The molecule has 0 heterocycles. The number of carbonyl (C=O) groups is 3. The molecule has 7 nitrogen and oxygen atoms in total. The number of ether oxygens (including phenoxy) is 3. The third-order valence-corrected chi connectivity index (χ3v) is 12.7. The molecule has 0 bridgehead atoms. The van der Waals surface area contributed by atoms with Gasteiger partial charge in [0.05, 0.1) is 18.8 Å². The molecular weight excluding hydrogens is 556 g/mol. The van der Waals surface area contributed by atoms with E-state index in [9.17, 15) is 19.5 Å². The van der Waals surface area contributed by atoms with E-state index in [1.807, 2.05) is 30.3 Å². The van der Waals surface area contributed by atoms with Crippen molar-refractivity contribution in [3.05, 3.63) is 35.9 Å². The number of ketones is 1. The second-order valence-electron chi connectivity index (χ2n) is 14.8. The van der Waals surface area contributed by atoms with E-state index in [0.29, 0.717) is 60.9 Å². The van der Waals surface area contributed by atoms with Gasteiger partial charge in [0.25, 0.3) is 0 Å². The summed E-state index contributed by atoms with van der Waals surface area (Å²) in [4.78, 5) is 38.4. The largest absolute Gasteiger partial charge is 0.469 e. The van der Waals surface area contributed by atoms with Crippen molar-refractivity contribution < 1.29 is 33.7 Å². The van der Waals surface area contributed by atoms with Crippen LogP contribution in [0.25, 0.3) is 0 Å². The molecule has 1 aromatic carbocycles. The van der Waals surface area contributed by atoms with Gasteiger partial charge in [-0.2, -0.15) is 0 Å². The van der Waals surface area contributed by atoms with E-state index >= 15 is 0 Å². The van der Waals surface area contributed by atoms with E-state index in [1.165, 1.54) is 7.11 Å². The Bertz CT molecular complexity index is 1150. The minimum atomic E-state index is -0.273. The summed E-state index contributed by atoms with van der Waals surface area (Å²) in [5, 5.41) is 9.29. The zero-order valence-electron chi connectivity index (χ0n) is 27.3. The Kier molecular flexibility index (Phi) is 10.6. The van der Waals surface area contributed by atoms with E-state index in [4.69, 9.17) is 14.2 Å². The second kappa shape index (κ2) is 14.0. The average molecular weight is 611 g/mol. The number of hydrogen-bond donors (Lipinski definition) is 1. The molecule has 1 aromatic rings. The molecule has 4 aliphatic carbocycles. The highest BCUT2D eigenvalue weighted by molar-refractivity contribution is 5.89. The predicted octanol–water partition coefficient (Wildman–Crippen LogP) is 6.80. The number of fused-ring (bicyclic) bond motifs is 5. The maximum Gasteiger partial charge on any atom is 0.338 e. The lowest BCUT2D eigenvalue weighted by Gasteiger charge is -2.64. The predicted molar refractivity (Wildman–Crippen MR) is 168 cm³/mol. The Hall–Kier alpha value is -2.25. The van der Waals surface area contributed by atoms with Crippen molar-refractivity contribution in [3.8, 4) is 0 Å². The number of rotatable bonds is 12. The molecule has 0 aromatic heterocycles. The van der Waals surface area contributed by atoms with E-state index in [2.05, 4.69) is 20.8 Å². The Balaban J connectivity index is 1.49. The molecule has 7 heteroatoms. The van der Waals surface area contributed by atoms with E-state index in [1.54, 1.807) is 0 Å². The zero-order chi connectivity index (χ0) is 31.5. The number of hydrogen-bond acceptors (Lipinski definition) is 7. The van der Waals surface area contributed by atoms with Gasteiger partial charge in [0.1, 0.15) is 11.9 Å². The van der Waals surface area contributed by atoms with Crippen molar-refractivity contribution in [1.82, 2.24) is 0 Å². The first kappa shape index (κ1) is 33.1. The summed E-state index contributed by atoms with van der Waals surface area (Å²) in [6.45, 7) is 7.98. The molecule has 10 atom stereocenters. The Labute approximate surface area is 263 Å². The standard InChI is InChI=1S/C37H54O7/c1-24(13-16-33(40)42-4)28-14-15-29-34-30(23-32(37(28,29)3)43-20-10-6-9-19-38)36(2)18-17-27(39)21-26(36)22-31(34)44-35(41)25-11-7-5-8-12-25/h5,7-8,11-12,24,26,28-32,34,38H,6,9-10,13-23H2,1-4H3/t24?,26?,28?,29?,30?,31-,32+,34?,36+,37-/m1/s1. The van der Waals surface area contributed by atoms with Crippen LogP contribution in [0.2, 0.25) is 0 Å². The summed E-state index contributed by atoms with van der Waals surface area (Å²) in [5.41, 5.74) is 0.446. The Morgan fingerprint density at radius 3 is 2.55 bits per heavy atom. The quantitative estimate of drug-likeness (QED) is 0.205. The lowest BCUT2D eigenvalue weighted by molar-refractivity contribution is -0.212. The van der Waals surface area contributed by atoms with Gasteiger partial charge in [-0.1, -0.05) is 39.0 Å². The summed E-state index contributed by atoms with van der Waals surface area (Å²) < 4.78 is 18.4. The van der Waals surface area contributed by atoms with Crippen LogP contribution in [0, 0.1) is 46.3 Å². The number of methoxy groups -OCH3 is 1. The zero-order valence-corrected chi connectivity index (χ0v) is 27.3. The van der Waals surface area contributed by atoms with Crippen LogP contribution >= 0.6 is 0 Å².